The van der Waals surface area contributed by atoms with E-state index in [0.717, 1.165) is 18.4 Å². The maximum Gasteiger partial charge on any atom is 0.329 e. The van der Waals surface area contributed by atoms with Crippen molar-refractivity contribution < 1.29 is 19.1 Å². The molecule has 1 saturated carbocycles. The molecule has 1 aliphatic carbocycles. The van der Waals surface area contributed by atoms with E-state index in [1.165, 1.54) is 0 Å². The summed E-state index contributed by atoms with van der Waals surface area (Å²) in [6.45, 7) is 1.12. The minimum Gasteiger partial charge on any atom is -0.454 e. The second kappa shape index (κ2) is 8.34. The number of nitrogens with two attached hydrogens (primary N) is 1. The molecule has 0 unspecified atom stereocenters. The smallest absolute Gasteiger partial charge is 0.329 e. The lowest BCUT2D eigenvalue weighted by Crippen LogP contribution is -2.49. The molecule has 1 aliphatic rings. The monoisotopic (exact) mass is 358 g/mol. The molecule has 1 aromatic rings. The molecular formula is C18H22N4O4. The van der Waals surface area contributed by atoms with E-state index in [4.69, 9.17) is 10.5 Å². The summed E-state index contributed by atoms with van der Waals surface area (Å²) in [6.07, 6.45) is 1.94. The summed E-state index contributed by atoms with van der Waals surface area (Å²) in [5.74, 6) is -1.21. The Hall–Kier alpha value is -3.08. The van der Waals surface area contributed by atoms with E-state index in [1.54, 1.807) is 31.2 Å². The van der Waals surface area contributed by atoms with E-state index < -0.39 is 36.1 Å². The highest BCUT2D eigenvalue weighted by Gasteiger charge is 2.43. The summed E-state index contributed by atoms with van der Waals surface area (Å²) in [7, 11) is 0. The highest BCUT2D eigenvalue weighted by Crippen LogP contribution is 2.39. The molecule has 0 bridgehead atoms. The van der Waals surface area contributed by atoms with Gasteiger partial charge in [0.05, 0.1) is 6.07 Å². The molecule has 8 heteroatoms. The fourth-order valence-corrected chi connectivity index (χ4v) is 2.66. The molecule has 26 heavy (non-hydrogen) atoms. The second-order valence-corrected chi connectivity index (χ2v) is 6.50. The molecule has 2 atom stereocenters. The summed E-state index contributed by atoms with van der Waals surface area (Å²) in [5.41, 5.74) is 4.95. The Morgan fingerprint density at radius 2 is 2.00 bits per heavy atom. The van der Waals surface area contributed by atoms with Crippen LogP contribution >= 0.6 is 0 Å². The number of hydrogen-bond donors (Lipinski definition) is 3. The largest absolute Gasteiger partial charge is 0.454 e. The Morgan fingerprint density at radius 1 is 1.35 bits per heavy atom. The molecule has 0 saturated heterocycles. The van der Waals surface area contributed by atoms with Crippen molar-refractivity contribution in [1.29, 1.82) is 5.26 Å². The molecule has 0 radical (unpaired) electrons. The van der Waals surface area contributed by atoms with Gasteiger partial charge in [-0.1, -0.05) is 30.3 Å². The van der Waals surface area contributed by atoms with Crippen LogP contribution in [0.3, 0.4) is 0 Å². The van der Waals surface area contributed by atoms with Gasteiger partial charge in [-0.25, -0.2) is 9.59 Å². The molecule has 0 heterocycles. The van der Waals surface area contributed by atoms with Gasteiger partial charge in [0.1, 0.15) is 11.6 Å². The third kappa shape index (κ3) is 5.48. The zero-order valence-corrected chi connectivity index (χ0v) is 14.5. The number of hydrogen-bond acceptors (Lipinski definition) is 5. The zero-order chi connectivity index (χ0) is 19.2. The van der Waals surface area contributed by atoms with Crippen LogP contribution in [-0.2, 0) is 20.7 Å². The van der Waals surface area contributed by atoms with Gasteiger partial charge in [-0.15, -0.1) is 0 Å². The van der Waals surface area contributed by atoms with Crippen LogP contribution in [0, 0.1) is 17.2 Å². The van der Waals surface area contributed by atoms with Crippen LogP contribution < -0.4 is 16.4 Å². The normalized spacial score (nSPS) is 16.5. The molecule has 3 amide bonds. The molecular weight excluding hydrogens is 336 g/mol. The highest BCUT2D eigenvalue weighted by atomic mass is 16.5. The summed E-state index contributed by atoms with van der Waals surface area (Å²) >= 11 is 0. The Bertz CT molecular complexity index is 712. The summed E-state index contributed by atoms with van der Waals surface area (Å²) < 4.78 is 5.00. The quantitative estimate of drug-likeness (QED) is 0.586. The molecule has 0 aromatic heterocycles. The van der Waals surface area contributed by atoms with Gasteiger partial charge in [0.15, 0.2) is 6.61 Å². The fraction of sp³-hybridized carbons (Fsp3) is 0.444. The van der Waals surface area contributed by atoms with Crippen LogP contribution in [0.2, 0.25) is 0 Å². The summed E-state index contributed by atoms with van der Waals surface area (Å²) in [4.78, 5) is 35.4. The molecule has 2 rings (SSSR count). The van der Waals surface area contributed by atoms with Gasteiger partial charge < -0.3 is 21.1 Å². The zero-order valence-electron chi connectivity index (χ0n) is 14.5. The number of carbonyl (C=O) groups is 3. The lowest BCUT2D eigenvalue weighted by Gasteiger charge is -2.23. The Morgan fingerprint density at radius 3 is 2.54 bits per heavy atom. The molecule has 0 aliphatic heterocycles. The lowest BCUT2D eigenvalue weighted by molar-refractivity contribution is -0.150. The number of nitriles is 1. The maximum absolute atomic E-state index is 12.2. The van der Waals surface area contributed by atoms with Crippen molar-refractivity contribution in [3.63, 3.8) is 0 Å². The first kappa shape index (κ1) is 19.2. The topological polar surface area (TPSA) is 134 Å². The third-order valence-corrected chi connectivity index (χ3v) is 4.25. The minimum absolute atomic E-state index is 0.120. The van der Waals surface area contributed by atoms with Crippen molar-refractivity contribution >= 4 is 17.9 Å². The summed E-state index contributed by atoms with van der Waals surface area (Å²) in [5, 5.41) is 14.2. The number of nitrogens with zero attached hydrogens (tertiary/aromatic N) is 1. The van der Waals surface area contributed by atoms with Crippen molar-refractivity contribution in [2.45, 2.75) is 37.8 Å². The van der Waals surface area contributed by atoms with E-state index in [-0.39, 0.29) is 12.3 Å². The lowest BCUT2D eigenvalue weighted by atomic mass is 9.98. The SMILES string of the molecule is C[C@@](C#N)(NC(=O)COC(=O)[C@H](Cc1ccccc1)NC(N)=O)C1CC1. The highest BCUT2D eigenvalue weighted by molar-refractivity contribution is 5.86. The summed E-state index contributed by atoms with van der Waals surface area (Å²) in [6, 6.07) is 9.25. The van der Waals surface area contributed by atoms with Gasteiger partial charge in [0.2, 0.25) is 0 Å². The molecule has 0 spiro atoms. The van der Waals surface area contributed by atoms with Crippen molar-refractivity contribution in [3.05, 3.63) is 35.9 Å². The fourth-order valence-electron chi connectivity index (χ4n) is 2.66. The van der Waals surface area contributed by atoms with Gasteiger partial charge >= 0.3 is 12.0 Å². The molecule has 138 valence electrons. The maximum atomic E-state index is 12.2. The Balaban J connectivity index is 1.90. The van der Waals surface area contributed by atoms with Crippen molar-refractivity contribution in [2.75, 3.05) is 6.61 Å². The van der Waals surface area contributed by atoms with Gasteiger partial charge in [-0.05, 0) is 31.2 Å². The van der Waals surface area contributed by atoms with E-state index in [2.05, 4.69) is 16.7 Å². The molecule has 4 N–H and O–H groups in total. The Labute approximate surface area is 151 Å². The number of ether oxygens (including phenoxy) is 1. The predicted molar refractivity (Wildman–Crippen MR) is 92.5 cm³/mol. The molecule has 1 aromatic carbocycles. The number of rotatable bonds is 8. The number of benzene rings is 1. The second-order valence-electron chi connectivity index (χ2n) is 6.50. The number of esters is 1. The van der Waals surface area contributed by atoms with Gasteiger partial charge in [0.25, 0.3) is 5.91 Å². The first-order valence-corrected chi connectivity index (χ1v) is 8.33. The van der Waals surface area contributed by atoms with E-state index in [9.17, 15) is 19.6 Å². The first-order chi connectivity index (χ1) is 12.3. The van der Waals surface area contributed by atoms with Crippen LogP contribution in [0.4, 0.5) is 4.79 Å². The van der Waals surface area contributed by atoms with Crippen molar-refractivity contribution in [3.8, 4) is 6.07 Å². The van der Waals surface area contributed by atoms with Gasteiger partial charge in [0, 0.05) is 6.42 Å². The van der Waals surface area contributed by atoms with Gasteiger partial charge in [-0.2, -0.15) is 5.26 Å². The van der Waals surface area contributed by atoms with Crippen LogP contribution in [0.1, 0.15) is 25.3 Å². The van der Waals surface area contributed by atoms with Crippen molar-refractivity contribution in [2.24, 2.45) is 11.7 Å². The number of amides is 3. The third-order valence-electron chi connectivity index (χ3n) is 4.25. The average Bonchev–Trinajstić information content (AvgIpc) is 3.45. The molecule has 8 nitrogen and oxygen atoms in total. The number of carbonyl (C=O) groups excluding carboxylic acids is 3. The number of primary amides is 1. The Kier molecular flexibility index (Phi) is 6.17. The predicted octanol–water partition coefficient (Wildman–Crippen LogP) is 0.618. The standard InChI is InChI=1S/C18H22N4O4/c1-18(11-19,13-7-8-13)22-15(23)10-26-16(24)14(21-17(20)25)9-12-5-3-2-4-6-12/h2-6,13-14H,7-10H2,1H3,(H,22,23)(H3,20,21,25)/t14-,18-/m0/s1. The average molecular weight is 358 g/mol. The van der Waals surface area contributed by atoms with Crippen LogP contribution in [-0.4, -0.2) is 36.1 Å². The molecule has 1 fully saturated rings. The van der Waals surface area contributed by atoms with Crippen molar-refractivity contribution in [1.82, 2.24) is 10.6 Å². The van der Waals surface area contributed by atoms with E-state index in [0.29, 0.717) is 0 Å². The minimum atomic E-state index is -1.01. The van der Waals surface area contributed by atoms with Crippen LogP contribution in [0.5, 0.6) is 0 Å². The number of urea groups is 1. The van der Waals surface area contributed by atoms with Crippen LogP contribution in [0.25, 0.3) is 0 Å². The number of nitrogens with one attached hydrogen (secondary N) is 2. The van der Waals surface area contributed by atoms with Gasteiger partial charge in [-0.3, -0.25) is 4.79 Å². The first-order valence-electron chi connectivity index (χ1n) is 8.33. The van der Waals surface area contributed by atoms with Crippen LogP contribution in [0.15, 0.2) is 30.3 Å². The van der Waals surface area contributed by atoms with E-state index in [1.807, 2.05) is 6.07 Å². The van der Waals surface area contributed by atoms with E-state index >= 15 is 0 Å².